The molecular formula is C7H9NO. The van der Waals surface area contributed by atoms with Crippen molar-refractivity contribution in [2.75, 3.05) is 0 Å². The van der Waals surface area contributed by atoms with Crippen LogP contribution in [-0.4, -0.2) is 4.98 Å². The van der Waals surface area contributed by atoms with Gasteiger partial charge in [-0.3, -0.25) is 4.79 Å². The van der Waals surface area contributed by atoms with Crippen molar-refractivity contribution in [1.29, 1.82) is 0 Å². The molecule has 0 saturated carbocycles. The van der Waals surface area contributed by atoms with Crippen molar-refractivity contribution in [2.24, 2.45) is 0 Å². The maximum atomic E-state index is 10.9. The fraction of sp³-hybridized carbons (Fsp3) is 0.286. The van der Waals surface area contributed by atoms with Crippen LogP contribution in [0.3, 0.4) is 0 Å². The van der Waals surface area contributed by atoms with E-state index >= 15 is 0 Å². The second kappa shape index (κ2) is 2.49. The molecule has 0 radical (unpaired) electrons. The lowest BCUT2D eigenvalue weighted by molar-refractivity contribution is 1.10. The van der Waals surface area contributed by atoms with Crippen LogP contribution in [-0.2, 0) is 6.42 Å². The molecule has 48 valence electrons. The van der Waals surface area contributed by atoms with Crippen LogP contribution in [0.2, 0.25) is 0 Å². The van der Waals surface area contributed by atoms with Gasteiger partial charge >= 0.3 is 0 Å². The fourth-order valence-electron chi connectivity index (χ4n) is 0.540. The first-order valence-electron chi connectivity index (χ1n) is 4.26. The van der Waals surface area contributed by atoms with E-state index < -0.39 is 5.56 Å². The van der Waals surface area contributed by atoms with Gasteiger partial charge in [0.1, 0.15) is 0 Å². The molecule has 9 heavy (non-hydrogen) atoms. The molecular weight excluding hydrogens is 114 g/mol. The minimum Gasteiger partial charge on any atom is -0.329 e. The van der Waals surface area contributed by atoms with Crippen molar-refractivity contribution in [2.45, 2.75) is 13.3 Å². The van der Waals surface area contributed by atoms with Crippen LogP contribution in [0.15, 0.2) is 23.1 Å². The van der Waals surface area contributed by atoms with Gasteiger partial charge in [0.2, 0.25) is 5.56 Å². The number of H-pyrrole nitrogens is 1. The van der Waals surface area contributed by atoms with Gasteiger partial charge in [-0.05, 0) is 18.0 Å². The van der Waals surface area contributed by atoms with Gasteiger partial charge in [-0.25, -0.2) is 0 Å². The Morgan fingerprint density at radius 3 is 3.33 bits per heavy atom. The molecule has 0 aliphatic rings. The molecule has 0 saturated heterocycles. The minimum atomic E-state index is -0.590. The van der Waals surface area contributed by atoms with E-state index in [1.165, 1.54) is 0 Å². The third-order valence-corrected chi connectivity index (χ3v) is 1.01. The molecule has 1 rings (SSSR count). The first-order chi connectivity index (χ1) is 5.57. The van der Waals surface area contributed by atoms with Gasteiger partial charge in [0, 0.05) is 12.2 Å². The third-order valence-electron chi connectivity index (χ3n) is 1.01. The summed E-state index contributed by atoms with van der Waals surface area (Å²) < 4.78 is 21.8. The zero-order valence-electron chi connectivity index (χ0n) is 8.12. The zero-order chi connectivity index (χ0) is 9.30. The van der Waals surface area contributed by atoms with E-state index in [-0.39, 0.29) is 18.3 Å². The average Bonchev–Trinajstić information content (AvgIpc) is 2.02. The highest BCUT2D eigenvalue weighted by atomic mass is 16.1. The summed E-state index contributed by atoms with van der Waals surface area (Å²) in [5.74, 6) is 0. The molecule has 1 heterocycles. The Bertz CT molecular complexity index is 358. The van der Waals surface area contributed by atoms with E-state index in [1.54, 1.807) is 6.92 Å². The molecule has 2 heteroatoms. The highest BCUT2D eigenvalue weighted by Crippen LogP contribution is 1.91. The topological polar surface area (TPSA) is 32.9 Å². The Kier molecular flexibility index (Phi) is 0.884. The predicted octanol–water partition coefficient (Wildman–Crippen LogP) is 0.937. The molecule has 0 aliphatic heterocycles. The Morgan fingerprint density at radius 1 is 1.89 bits per heavy atom. The van der Waals surface area contributed by atoms with E-state index in [0.717, 1.165) is 0 Å². The highest BCUT2D eigenvalue weighted by molar-refractivity contribution is 5.08. The van der Waals surface area contributed by atoms with Crippen LogP contribution in [0.25, 0.3) is 0 Å². The van der Waals surface area contributed by atoms with Crippen LogP contribution in [0.5, 0.6) is 0 Å². The van der Waals surface area contributed by atoms with Gasteiger partial charge in [0.05, 0.1) is 4.11 Å². The largest absolute Gasteiger partial charge is 0.329 e. The van der Waals surface area contributed by atoms with Gasteiger partial charge in [0.15, 0.2) is 0 Å². The number of hydrogen-bond donors (Lipinski definition) is 1. The Labute approximate surface area is 57.8 Å². The van der Waals surface area contributed by atoms with Crippen molar-refractivity contribution in [3.8, 4) is 0 Å². The van der Waals surface area contributed by atoms with Gasteiger partial charge in [-0.15, -0.1) is 0 Å². The number of hydrogen-bond acceptors (Lipinski definition) is 1. The summed E-state index contributed by atoms with van der Waals surface area (Å²) in [4.78, 5) is 13.0. The quantitative estimate of drug-likeness (QED) is 0.596. The van der Waals surface area contributed by atoms with E-state index in [2.05, 4.69) is 4.98 Å². The van der Waals surface area contributed by atoms with Gasteiger partial charge in [0.25, 0.3) is 0 Å². The van der Waals surface area contributed by atoms with E-state index in [0.29, 0.717) is 12.0 Å². The monoisotopic (exact) mass is 126 g/mol. The number of rotatable bonds is 1. The first-order valence-corrected chi connectivity index (χ1v) is 2.76. The first kappa shape index (κ1) is 3.20. The molecule has 0 unspecified atom stereocenters. The van der Waals surface area contributed by atoms with Crippen molar-refractivity contribution in [1.82, 2.24) is 4.98 Å². The standard InChI is InChI=1S/C7H9NO/c1-2-6-3-4-8-7(9)5-6/h3-5H,2H2,1H3,(H,8,9)/i3D,4D,5D. The SMILES string of the molecule is [2H]c1[nH]c(=O)c([2H])c(CC)c1[2H]. The number of pyridine rings is 1. The zero-order valence-corrected chi connectivity index (χ0v) is 5.12. The molecule has 0 aromatic carbocycles. The van der Waals surface area contributed by atoms with Crippen molar-refractivity contribution in [3.05, 3.63) is 34.2 Å². The third kappa shape index (κ3) is 1.42. The molecule has 0 spiro atoms. The average molecular weight is 126 g/mol. The molecule has 0 aliphatic carbocycles. The van der Waals surface area contributed by atoms with E-state index in [9.17, 15) is 4.79 Å². The lowest BCUT2D eigenvalue weighted by atomic mass is 10.2. The fourth-order valence-corrected chi connectivity index (χ4v) is 0.540. The van der Waals surface area contributed by atoms with Crippen LogP contribution in [0.1, 0.15) is 16.6 Å². The van der Waals surface area contributed by atoms with Crippen LogP contribution in [0.4, 0.5) is 0 Å². The van der Waals surface area contributed by atoms with Crippen molar-refractivity contribution >= 4 is 0 Å². The molecule has 0 fully saturated rings. The molecule has 1 N–H and O–H groups in total. The Morgan fingerprint density at radius 2 is 2.67 bits per heavy atom. The summed E-state index contributed by atoms with van der Waals surface area (Å²) in [6.07, 6.45) is 0.223. The molecule has 0 amide bonds. The summed E-state index contributed by atoms with van der Waals surface area (Å²) in [7, 11) is 0. The summed E-state index contributed by atoms with van der Waals surface area (Å²) in [5, 5.41) is 0. The van der Waals surface area contributed by atoms with Crippen molar-refractivity contribution in [3.63, 3.8) is 0 Å². The number of aromatic nitrogens is 1. The summed E-state index contributed by atoms with van der Waals surface area (Å²) in [6, 6.07) is -0.249. The predicted molar refractivity (Wildman–Crippen MR) is 36.4 cm³/mol. The second-order valence-corrected chi connectivity index (χ2v) is 1.66. The molecule has 0 atom stereocenters. The van der Waals surface area contributed by atoms with E-state index in [4.69, 9.17) is 4.11 Å². The van der Waals surface area contributed by atoms with Crippen molar-refractivity contribution < 1.29 is 4.11 Å². The molecule has 1 aromatic rings. The van der Waals surface area contributed by atoms with Crippen LogP contribution >= 0.6 is 0 Å². The molecule has 1 aromatic heterocycles. The number of nitrogens with one attached hydrogen (secondary N) is 1. The molecule has 2 nitrogen and oxygen atoms in total. The second-order valence-electron chi connectivity index (χ2n) is 1.66. The highest BCUT2D eigenvalue weighted by Gasteiger charge is 1.85. The Balaban J connectivity index is 3.53. The smallest absolute Gasteiger partial charge is 0.248 e. The molecule has 0 bridgehead atoms. The van der Waals surface area contributed by atoms with Gasteiger partial charge in [-0.1, -0.05) is 6.92 Å². The van der Waals surface area contributed by atoms with Gasteiger partial charge < -0.3 is 4.98 Å². The summed E-state index contributed by atoms with van der Waals surface area (Å²) in [6.45, 7) is 1.75. The lowest BCUT2D eigenvalue weighted by Crippen LogP contribution is -2.02. The summed E-state index contributed by atoms with van der Waals surface area (Å²) in [5.41, 5.74) is -0.253. The maximum Gasteiger partial charge on any atom is 0.248 e. The minimum absolute atomic E-state index is 0.0536. The van der Waals surface area contributed by atoms with E-state index in [1.807, 2.05) is 0 Å². The van der Waals surface area contributed by atoms with Crippen LogP contribution < -0.4 is 5.56 Å². The Hall–Kier alpha value is -1.05. The lowest BCUT2D eigenvalue weighted by Gasteiger charge is -1.89. The number of aromatic amines is 1. The van der Waals surface area contributed by atoms with Crippen LogP contribution in [0, 0.1) is 0 Å². The summed E-state index contributed by atoms with van der Waals surface area (Å²) >= 11 is 0. The normalized spacial score (nSPS) is 14.1. The maximum absolute atomic E-state index is 10.9. The van der Waals surface area contributed by atoms with Gasteiger partial charge in [-0.2, -0.15) is 0 Å².